The van der Waals surface area contributed by atoms with Gasteiger partial charge in [0.1, 0.15) is 11.4 Å². The average Bonchev–Trinajstić information content (AvgIpc) is 2.58. The van der Waals surface area contributed by atoms with Gasteiger partial charge in [0.25, 0.3) is 0 Å². The largest absolute Gasteiger partial charge is 0.534 e. The predicted molar refractivity (Wildman–Crippen MR) is 100 cm³/mol. The van der Waals surface area contributed by atoms with Crippen molar-refractivity contribution in [2.45, 2.75) is 63.7 Å². The summed E-state index contributed by atoms with van der Waals surface area (Å²) in [5.74, 6) is -0.276. The molecule has 1 aromatic rings. The summed E-state index contributed by atoms with van der Waals surface area (Å²) in [6.45, 7) is 5.46. The van der Waals surface area contributed by atoms with Crippen molar-refractivity contribution in [2.24, 2.45) is 0 Å². The molecule has 10 heteroatoms. The maximum Gasteiger partial charge on any atom is 0.534 e. The zero-order valence-corrected chi connectivity index (χ0v) is 17.2. The molecular formula is C19H24F3NO5S. The molecule has 2 rings (SSSR count). The van der Waals surface area contributed by atoms with Crippen LogP contribution in [0.1, 0.15) is 45.6 Å². The first kappa shape index (κ1) is 23.1. The summed E-state index contributed by atoms with van der Waals surface area (Å²) < 4.78 is 69.5. The minimum Gasteiger partial charge on any atom is -0.444 e. The molecule has 0 saturated heterocycles. The Bertz CT molecular complexity index is 845. The quantitative estimate of drug-likeness (QED) is 0.494. The lowest BCUT2D eigenvalue weighted by molar-refractivity contribution is -0.0524. The molecular weight excluding hydrogens is 411 g/mol. The number of hydrogen-bond donors (Lipinski definition) is 0. The number of halogens is 3. The van der Waals surface area contributed by atoms with Crippen molar-refractivity contribution in [3.63, 3.8) is 0 Å². The van der Waals surface area contributed by atoms with E-state index in [4.69, 9.17) is 4.74 Å². The Morgan fingerprint density at radius 1 is 1.17 bits per heavy atom. The third-order valence-electron chi connectivity index (χ3n) is 4.11. The number of carbonyl (C=O) groups is 1. The molecule has 0 bridgehead atoms. The number of hydrogen-bond acceptors (Lipinski definition) is 5. The molecule has 0 aliphatic heterocycles. The highest BCUT2D eigenvalue weighted by Gasteiger charge is 2.49. The van der Waals surface area contributed by atoms with Gasteiger partial charge in [-0.05, 0) is 45.3 Å². The topological polar surface area (TPSA) is 72.9 Å². The molecule has 1 atom stereocenters. The molecule has 0 heterocycles. The SMILES string of the molecule is CC(C)(C)OC(=O)N(Cc1ccccc1)C1CC=C(OS(=O)(=O)C(F)(F)F)CC1. The summed E-state index contributed by atoms with van der Waals surface area (Å²) in [4.78, 5) is 14.2. The van der Waals surface area contributed by atoms with Gasteiger partial charge in [-0.15, -0.1) is 0 Å². The summed E-state index contributed by atoms with van der Waals surface area (Å²) in [6.07, 6.45) is 1.07. The molecule has 0 spiro atoms. The van der Waals surface area contributed by atoms with Gasteiger partial charge in [0.2, 0.25) is 0 Å². The van der Waals surface area contributed by atoms with Gasteiger partial charge in [0.15, 0.2) is 0 Å². The highest BCUT2D eigenvalue weighted by atomic mass is 32.2. The predicted octanol–water partition coefficient (Wildman–Crippen LogP) is 4.73. The molecule has 0 fully saturated rings. The first-order valence-corrected chi connectivity index (χ1v) is 10.4. The number of nitrogens with zero attached hydrogens (tertiary/aromatic N) is 1. The summed E-state index contributed by atoms with van der Waals surface area (Å²) in [6, 6.07) is 8.83. The van der Waals surface area contributed by atoms with Crippen LogP contribution in [0.15, 0.2) is 42.2 Å². The number of ether oxygens (including phenoxy) is 1. The molecule has 0 saturated carbocycles. The Kier molecular flexibility index (Phi) is 6.87. The molecule has 1 aliphatic carbocycles. The summed E-state index contributed by atoms with van der Waals surface area (Å²) >= 11 is 0. The fourth-order valence-electron chi connectivity index (χ4n) is 2.79. The van der Waals surface area contributed by atoms with Gasteiger partial charge in [0, 0.05) is 19.0 Å². The Labute approximate surface area is 168 Å². The molecule has 0 radical (unpaired) electrons. The molecule has 1 aromatic carbocycles. The minimum atomic E-state index is -5.70. The van der Waals surface area contributed by atoms with Crippen LogP contribution >= 0.6 is 0 Å². The van der Waals surface area contributed by atoms with Crippen LogP contribution in [0.2, 0.25) is 0 Å². The lowest BCUT2D eigenvalue weighted by Gasteiger charge is -2.35. The van der Waals surface area contributed by atoms with E-state index in [1.54, 1.807) is 20.8 Å². The normalized spacial score (nSPS) is 18.0. The van der Waals surface area contributed by atoms with Crippen molar-refractivity contribution in [1.29, 1.82) is 0 Å². The van der Waals surface area contributed by atoms with Gasteiger partial charge in [-0.1, -0.05) is 30.3 Å². The van der Waals surface area contributed by atoms with E-state index in [9.17, 15) is 26.4 Å². The number of benzene rings is 1. The maximum absolute atomic E-state index is 12.7. The minimum absolute atomic E-state index is 0.0476. The van der Waals surface area contributed by atoms with Gasteiger partial charge in [-0.3, -0.25) is 0 Å². The lowest BCUT2D eigenvalue weighted by Crippen LogP contribution is -2.43. The molecule has 6 nitrogen and oxygen atoms in total. The number of rotatable bonds is 5. The second kappa shape index (κ2) is 8.64. The molecule has 1 amide bonds. The molecule has 1 aliphatic rings. The van der Waals surface area contributed by atoms with Crippen LogP contribution in [0.25, 0.3) is 0 Å². The first-order valence-electron chi connectivity index (χ1n) is 9.02. The van der Waals surface area contributed by atoms with Gasteiger partial charge in [-0.25, -0.2) is 4.79 Å². The fourth-order valence-corrected chi connectivity index (χ4v) is 3.31. The van der Waals surface area contributed by atoms with Crippen molar-refractivity contribution < 1.29 is 35.3 Å². The van der Waals surface area contributed by atoms with Crippen molar-refractivity contribution in [1.82, 2.24) is 4.90 Å². The third kappa shape index (κ3) is 6.66. The lowest BCUT2D eigenvalue weighted by atomic mass is 9.98. The van der Waals surface area contributed by atoms with Crippen molar-refractivity contribution in [3.05, 3.63) is 47.7 Å². The summed E-state index contributed by atoms with van der Waals surface area (Å²) in [7, 11) is -5.70. The number of alkyl halides is 3. The number of amides is 1. The van der Waals surface area contributed by atoms with E-state index in [0.29, 0.717) is 0 Å². The second-order valence-corrected chi connectivity index (χ2v) is 9.21. The monoisotopic (exact) mass is 435 g/mol. The maximum atomic E-state index is 12.7. The van der Waals surface area contributed by atoms with E-state index < -0.39 is 27.3 Å². The molecule has 0 aromatic heterocycles. The zero-order valence-electron chi connectivity index (χ0n) is 16.4. The fraction of sp³-hybridized carbons (Fsp3) is 0.526. The van der Waals surface area contributed by atoms with Gasteiger partial charge >= 0.3 is 21.7 Å². The van der Waals surface area contributed by atoms with E-state index in [1.165, 1.54) is 11.0 Å². The van der Waals surface area contributed by atoms with E-state index in [0.717, 1.165) is 5.56 Å². The van der Waals surface area contributed by atoms with Crippen molar-refractivity contribution >= 4 is 16.2 Å². The van der Waals surface area contributed by atoms with Crippen LogP contribution in [0.5, 0.6) is 0 Å². The number of carbonyl (C=O) groups excluding carboxylic acids is 1. The van der Waals surface area contributed by atoms with E-state index in [2.05, 4.69) is 4.18 Å². The van der Waals surface area contributed by atoms with Crippen molar-refractivity contribution in [3.8, 4) is 0 Å². The van der Waals surface area contributed by atoms with Crippen molar-refractivity contribution in [2.75, 3.05) is 0 Å². The molecule has 29 heavy (non-hydrogen) atoms. The Hall–Kier alpha value is -2.23. The zero-order chi connectivity index (χ0) is 21.9. The molecule has 0 N–H and O–H groups in total. The standard InChI is InChI=1S/C19H24F3NO5S/c1-18(2,3)27-17(24)23(13-14-7-5-4-6-8-14)15-9-11-16(12-10-15)28-29(25,26)19(20,21)22/h4-8,11,15H,9-10,12-13H2,1-3H3. The van der Waals surface area contributed by atoms with Crippen LogP contribution in [0.3, 0.4) is 0 Å². The van der Waals surface area contributed by atoms with Gasteiger partial charge in [-0.2, -0.15) is 21.6 Å². The Morgan fingerprint density at radius 2 is 1.79 bits per heavy atom. The van der Waals surface area contributed by atoms with E-state index in [1.807, 2.05) is 30.3 Å². The van der Waals surface area contributed by atoms with Crippen LogP contribution < -0.4 is 0 Å². The average molecular weight is 435 g/mol. The number of allylic oxidation sites excluding steroid dienone is 1. The Balaban J connectivity index is 2.16. The van der Waals surface area contributed by atoms with E-state index in [-0.39, 0.29) is 37.6 Å². The van der Waals surface area contributed by atoms with Crippen LogP contribution in [0.4, 0.5) is 18.0 Å². The third-order valence-corrected chi connectivity index (χ3v) is 5.11. The van der Waals surface area contributed by atoms with Crippen LogP contribution in [-0.2, 0) is 25.6 Å². The summed E-state index contributed by atoms with van der Waals surface area (Å²) in [5.41, 5.74) is -5.34. The highest BCUT2D eigenvalue weighted by Crippen LogP contribution is 2.31. The highest BCUT2D eigenvalue weighted by molar-refractivity contribution is 7.87. The van der Waals surface area contributed by atoms with E-state index >= 15 is 0 Å². The first-order chi connectivity index (χ1) is 13.3. The molecule has 162 valence electrons. The smallest absolute Gasteiger partial charge is 0.444 e. The van der Waals surface area contributed by atoms with Crippen LogP contribution in [-0.4, -0.2) is 36.6 Å². The van der Waals surface area contributed by atoms with Gasteiger partial charge in [0.05, 0.1) is 0 Å². The van der Waals surface area contributed by atoms with Gasteiger partial charge < -0.3 is 13.8 Å². The summed E-state index contributed by atoms with van der Waals surface area (Å²) in [5, 5.41) is 0. The Morgan fingerprint density at radius 3 is 2.28 bits per heavy atom. The van der Waals surface area contributed by atoms with Crippen LogP contribution in [0, 0.1) is 0 Å². The molecule has 1 unspecified atom stereocenters. The second-order valence-electron chi connectivity index (χ2n) is 7.68.